The van der Waals surface area contributed by atoms with Crippen LogP contribution in [0.1, 0.15) is 24.8 Å². The van der Waals surface area contributed by atoms with E-state index in [4.69, 9.17) is 5.73 Å². The van der Waals surface area contributed by atoms with E-state index in [0.717, 1.165) is 22.1 Å². The van der Waals surface area contributed by atoms with E-state index >= 15 is 0 Å². The molecule has 15 heavy (non-hydrogen) atoms. The molecule has 0 bridgehead atoms. The lowest BCUT2D eigenvalue weighted by Gasteiger charge is -2.01. The fourth-order valence-electron chi connectivity index (χ4n) is 1.37. The van der Waals surface area contributed by atoms with Crippen LogP contribution in [0.4, 0.5) is 0 Å². The normalized spacial score (nSPS) is 13.0. The molecule has 2 rings (SSSR count). The average molecular weight is 222 g/mol. The van der Waals surface area contributed by atoms with Gasteiger partial charge in [-0.1, -0.05) is 0 Å². The Morgan fingerprint density at radius 1 is 1.53 bits per heavy atom. The van der Waals surface area contributed by atoms with Gasteiger partial charge in [-0.15, -0.1) is 11.3 Å². The Morgan fingerprint density at radius 3 is 2.93 bits per heavy atom. The monoisotopic (exact) mass is 222 g/mol. The van der Waals surface area contributed by atoms with Crippen LogP contribution in [0, 0.1) is 0 Å². The standard InChI is InChI=1S/C10H14N4S/c1-3-14-6-12-4-8(14)10-13-5-9(15-10)7(2)11/h4-7H,3,11H2,1-2H3. The van der Waals surface area contributed by atoms with Crippen LogP contribution in [-0.2, 0) is 6.54 Å². The molecule has 80 valence electrons. The fourth-order valence-corrected chi connectivity index (χ4v) is 2.26. The van der Waals surface area contributed by atoms with Gasteiger partial charge in [0.1, 0.15) is 5.01 Å². The van der Waals surface area contributed by atoms with Crippen molar-refractivity contribution in [2.75, 3.05) is 0 Å². The smallest absolute Gasteiger partial charge is 0.141 e. The van der Waals surface area contributed by atoms with Crippen molar-refractivity contribution in [3.05, 3.63) is 23.6 Å². The summed E-state index contributed by atoms with van der Waals surface area (Å²) in [6.45, 7) is 4.96. The number of thiazole rings is 1. The van der Waals surface area contributed by atoms with Gasteiger partial charge >= 0.3 is 0 Å². The fraction of sp³-hybridized carbons (Fsp3) is 0.400. The summed E-state index contributed by atoms with van der Waals surface area (Å²) in [4.78, 5) is 9.59. The highest BCUT2D eigenvalue weighted by molar-refractivity contribution is 7.15. The molecule has 2 aromatic heterocycles. The number of rotatable bonds is 3. The van der Waals surface area contributed by atoms with E-state index in [0.29, 0.717) is 0 Å². The minimum atomic E-state index is 0.0502. The minimum absolute atomic E-state index is 0.0502. The summed E-state index contributed by atoms with van der Waals surface area (Å²) < 4.78 is 2.07. The highest BCUT2D eigenvalue weighted by atomic mass is 32.1. The molecule has 1 unspecified atom stereocenters. The molecule has 0 amide bonds. The number of aromatic nitrogens is 3. The first kappa shape index (κ1) is 10.3. The van der Waals surface area contributed by atoms with Crippen LogP contribution in [0.5, 0.6) is 0 Å². The molecule has 2 N–H and O–H groups in total. The van der Waals surface area contributed by atoms with E-state index in [1.807, 2.05) is 25.6 Å². The maximum Gasteiger partial charge on any atom is 0.141 e. The van der Waals surface area contributed by atoms with E-state index in [-0.39, 0.29) is 6.04 Å². The highest BCUT2D eigenvalue weighted by Gasteiger charge is 2.10. The van der Waals surface area contributed by atoms with Crippen molar-refractivity contribution in [1.29, 1.82) is 0 Å². The van der Waals surface area contributed by atoms with Crippen molar-refractivity contribution in [1.82, 2.24) is 14.5 Å². The lowest BCUT2D eigenvalue weighted by Crippen LogP contribution is -2.01. The zero-order chi connectivity index (χ0) is 10.8. The Hall–Kier alpha value is -1.20. The highest BCUT2D eigenvalue weighted by Crippen LogP contribution is 2.27. The van der Waals surface area contributed by atoms with Crippen LogP contribution in [0.2, 0.25) is 0 Å². The van der Waals surface area contributed by atoms with E-state index in [1.54, 1.807) is 11.3 Å². The first-order valence-corrected chi connectivity index (χ1v) is 5.75. The molecule has 0 saturated heterocycles. The van der Waals surface area contributed by atoms with Gasteiger partial charge in [0.2, 0.25) is 0 Å². The number of nitrogens with two attached hydrogens (primary N) is 1. The molecule has 0 aromatic carbocycles. The van der Waals surface area contributed by atoms with Crippen LogP contribution in [0.25, 0.3) is 10.7 Å². The lowest BCUT2D eigenvalue weighted by atomic mass is 10.3. The van der Waals surface area contributed by atoms with E-state index in [1.165, 1.54) is 0 Å². The van der Waals surface area contributed by atoms with Crippen molar-refractivity contribution in [3.63, 3.8) is 0 Å². The van der Waals surface area contributed by atoms with Crippen molar-refractivity contribution in [3.8, 4) is 10.7 Å². The van der Waals surface area contributed by atoms with E-state index in [2.05, 4.69) is 21.5 Å². The van der Waals surface area contributed by atoms with Crippen LogP contribution in [-0.4, -0.2) is 14.5 Å². The Balaban J connectivity index is 2.37. The van der Waals surface area contributed by atoms with Crippen LogP contribution in [0.3, 0.4) is 0 Å². The SMILES string of the molecule is CCn1cncc1-c1ncc(C(C)N)s1. The van der Waals surface area contributed by atoms with E-state index in [9.17, 15) is 0 Å². The Bertz CT molecular complexity index is 444. The lowest BCUT2D eigenvalue weighted by molar-refractivity contribution is 0.768. The van der Waals surface area contributed by atoms with Crippen molar-refractivity contribution in [2.45, 2.75) is 26.4 Å². The van der Waals surface area contributed by atoms with Gasteiger partial charge in [0.25, 0.3) is 0 Å². The second-order valence-electron chi connectivity index (χ2n) is 3.42. The van der Waals surface area contributed by atoms with Gasteiger partial charge in [0.15, 0.2) is 0 Å². The van der Waals surface area contributed by atoms with Gasteiger partial charge in [0, 0.05) is 23.7 Å². The third-order valence-electron chi connectivity index (χ3n) is 2.24. The molecule has 0 spiro atoms. The molecule has 4 nitrogen and oxygen atoms in total. The predicted molar refractivity (Wildman–Crippen MR) is 61.6 cm³/mol. The summed E-state index contributed by atoms with van der Waals surface area (Å²) in [7, 11) is 0. The number of aryl methyl sites for hydroxylation is 1. The average Bonchev–Trinajstić information content (AvgIpc) is 2.85. The van der Waals surface area contributed by atoms with Crippen LogP contribution in [0.15, 0.2) is 18.7 Å². The predicted octanol–water partition coefficient (Wildman–Crippen LogP) is 2.05. The largest absolute Gasteiger partial charge is 0.329 e. The second kappa shape index (κ2) is 4.12. The minimum Gasteiger partial charge on any atom is -0.329 e. The van der Waals surface area contributed by atoms with Gasteiger partial charge < -0.3 is 10.3 Å². The molecule has 0 aliphatic rings. The Morgan fingerprint density at radius 2 is 2.33 bits per heavy atom. The van der Waals surface area contributed by atoms with Crippen LogP contribution < -0.4 is 5.73 Å². The van der Waals surface area contributed by atoms with Crippen molar-refractivity contribution < 1.29 is 0 Å². The third kappa shape index (κ3) is 1.93. The molecular formula is C10H14N4S. The molecule has 2 heterocycles. The maximum atomic E-state index is 5.80. The molecule has 1 atom stereocenters. The first-order valence-electron chi connectivity index (χ1n) is 4.94. The quantitative estimate of drug-likeness (QED) is 0.864. The summed E-state index contributed by atoms with van der Waals surface area (Å²) in [5.41, 5.74) is 6.86. The number of hydrogen-bond donors (Lipinski definition) is 1. The van der Waals surface area contributed by atoms with Gasteiger partial charge in [-0.3, -0.25) is 0 Å². The van der Waals surface area contributed by atoms with Gasteiger partial charge in [-0.05, 0) is 13.8 Å². The first-order chi connectivity index (χ1) is 7.22. The molecule has 2 aromatic rings. The molecule has 0 aliphatic carbocycles. The summed E-state index contributed by atoms with van der Waals surface area (Å²) in [5, 5.41) is 0.988. The summed E-state index contributed by atoms with van der Waals surface area (Å²) in [6.07, 6.45) is 5.51. The summed E-state index contributed by atoms with van der Waals surface area (Å²) in [5.74, 6) is 0. The number of nitrogens with zero attached hydrogens (tertiary/aromatic N) is 3. The number of hydrogen-bond acceptors (Lipinski definition) is 4. The summed E-state index contributed by atoms with van der Waals surface area (Å²) in [6, 6.07) is 0.0502. The van der Waals surface area contributed by atoms with Crippen LogP contribution >= 0.6 is 11.3 Å². The van der Waals surface area contributed by atoms with Gasteiger partial charge in [-0.25, -0.2) is 9.97 Å². The maximum absolute atomic E-state index is 5.80. The van der Waals surface area contributed by atoms with Gasteiger partial charge in [0.05, 0.1) is 18.2 Å². The molecule has 5 heteroatoms. The molecule has 0 aliphatic heterocycles. The second-order valence-corrected chi connectivity index (χ2v) is 4.48. The third-order valence-corrected chi connectivity index (χ3v) is 3.47. The summed E-state index contributed by atoms with van der Waals surface area (Å²) >= 11 is 1.63. The molecule has 0 saturated carbocycles. The molecular weight excluding hydrogens is 208 g/mol. The topological polar surface area (TPSA) is 56.7 Å². The Kier molecular flexibility index (Phi) is 2.83. The molecule has 0 radical (unpaired) electrons. The number of imidazole rings is 1. The zero-order valence-corrected chi connectivity index (χ0v) is 9.66. The van der Waals surface area contributed by atoms with Crippen molar-refractivity contribution >= 4 is 11.3 Å². The molecule has 0 fully saturated rings. The Labute approximate surface area is 92.8 Å². The zero-order valence-electron chi connectivity index (χ0n) is 8.84. The van der Waals surface area contributed by atoms with Gasteiger partial charge in [-0.2, -0.15) is 0 Å². The van der Waals surface area contributed by atoms with E-state index < -0.39 is 0 Å². The van der Waals surface area contributed by atoms with Crippen molar-refractivity contribution in [2.24, 2.45) is 5.73 Å².